The minimum atomic E-state index is -3.85. The van der Waals surface area contributed by atoms with Crippen molar-refractivity contribution in [1.82, 2.24) is 10.2 Å². The molecular formula is C39H48ClN3O4S. The Bertz CT molecular complexity index is 1680. The van der Waals surface area contributed by atoms with Crippen molar-refractivity contribution in [2.45, 2.75) is 89.3 Å². The van der Waals surface area contributed by atoms with Gasteiger partial charge in [0.2, 0.25) is 21.8 Å². The van der Waals surface area contributed by atoms with E-state index in [9.17, 15) is 18.0 Å². The van der Waals surface area contributed by atoms with Crippen LogP contribution in [0.3, 0.4) is 0 Å². The van der Waals surface area contributed by atoms with Crippen molar-refractivity contribution in [1.29, 1.82) is 0 Å². The molecule has 3 aromatic carbocycles. The van der Waals surface area contributed by atoms with Gasteiger partial charge in [0, 0.05) is 24.0 Å². The van der Waals surface area contributed by atoms with Crippen LogP contribution in [0.4, 0.5) is 5.69 Å². The zero-order valence-corrected chi connectivity index (χ0v) is 29.8. The Morgan fingerprint density at radius 1 is 0.896 bits per heavy atom. The molecule has 4 aliphatic carbocycles. The van der Waals surface area contributed by atoms with Gasteiger partial charge in [-0.2, -0.15) is 0 Å². The van der Waals surface area contributed by atoms with Crippen molar-refractivity contribution in [2.24, 2.45) is 17.8 Å². The highest BCUT2D eigenvalue weighted by molar-refractivity contribution is 7.92. The number of nitrogens with one attached hydrogen (secondary N) is 1. The average Bonchev–Trinajstić information content (AvgIpc) is 3.05. The molecule has 256 valence electrons. The molecule has 0 unspecified atom stereocenters. The molecular weight excluding hydrogens is 642 g/mol. The minimum absolute atomic E-state index is 0.0481. The summed E-state index contributed by atoms with van der Waals surface area (Å²) >= 11 is 6.58. The minimum Gasteiger partial charge on any atom is -0.352 e. The Balaban J connectivity index is 1.31. The van der Waals surface area contributed by atoms with E-state index in [0.717, 1.165) is 36.0 Å². The zero-order valence-electron chi connectivity index (χ0n) is 28.3. The predicted molar refractivity (Wildman–Crippen MR) is 192 cm³/mol. The molecule has 2 amide bonds. The maximum absolute atomic E-state index is 14.5. The number of carbonyl (C=O) groups excluding carboxylic acids is 2. The van der Waals surface area contributed by atoms with E-state index in [4.69, 9.17) is 11.6 Å². The summed E-state index contributed by atoms with van der Waals surface area (Å²) in [5.41, 5.74) is 3.47. The number of hydrogen-bond acceptors (Lipinski definition) is 4. The fourth-order valence-corrected chi connectivity index (χ4v) is 9.91. The maximum Gasteiger partial charge on any atom is 0.244 e. The molecule has 4 bridgehead atoms. The van der Waals surface area contributed by atoms with E-state index >= 15 is 0 Å². The number of carbonyl (C=O) groups is 2. The monoisotopic (exact) mass is 689 g/mol. The molecule has 4 aliphatic rings. The van der Waals surface area contributed by atoms with Gasteiger partial charge in [0.1, 0.15) is 12.6 Å². The molecule has 0 radical (unpaired) electrons. The second-order valence-electron chi connectivity index (χ2n) is 14.7. The normalized spacial score (nSPS) is 24.1. The number of nitrogens with zero attached hydrogens (tertiary/aromatic N) is 2. The number of rotatable bonds is 13. The molecule has 4 saturated carbocycles. The molecule has 0 aliphatic heterocycles. The summed E-state index contributed by atoms with van der Waals surface area (Å²) in [4.78, 5) is 29.9. The number of benzene rings is 3. The largest absolute Gasteiger partial charge is 0.352 e. The first-order valence-corrected chi connectivity index (χ1v) is 19.6. The van der Waals surface area contributed by atoms with E-state index in [1.807, 2.05) is 74.5 Å². The van der Waals surface area contributed by atoms with Crippen molar-refractivity contribution in [2.75, 3.05) is 17.1 Å². The molecule has 3 aromatic rings. The summed E-state index contributed by atoms with van der Waals surface area (Å²) in [5.74, 6) is 1.62. The molecule has 2 atom stereocenters. The van der Waals surface area contributed by atoms with Gasteiger partial charge in [-0.05, 0) is 110 Å². The molecule has 0 saturated heterocycles. The number of sulfonamides is 1. The van der Waals surface area contributed by atoms with Crippen LogP contribution >= 0.6 is 11.6 Å². The molecule has 4 fully saturated rings. The van der Waals surface area contributed by atoms with E-state index in [1.54, 1.807) is 6.07 Å². The molecule has 48 heavy (non-hydrogen) atoms. The smallest absolute Gasteiger partial charge is 0.244 e. The third-order valence-corrected chi connectivity index (χ3v) is 12.6. The van der Waals surface area contributed by atoms with Crippen molar-refractivity contribution in [3.63, 3.8) is 0 Å². The molecule has 0 aromatic heterocycles. The van der Waals surface area contributed by atoms with Crippen LogP contribution in [0.15, 0.2) is 78.9 Å². The molecule has 7 nitrogen and oxygen atoms in total. The summed E-state index contributed by atoms with van der Waals surface area (Å²) in [5, 5.41) is 3.53. The SMILES string of the molecule is CC[C@@H](C)NC(=O)[C@@H](Cc1ccccc1)N(Cc1ccccc1Cl)C(=O)CN(c1ccc(C23CC4CC(CC(C4)C2)C3)cc1)S(C)(=O)=O. The van der Waals surface area contributed by atoms with Gasteiger partial charge in [-0.3, -0.25) is 13.9 Å². The molecule has 9 heteroatoms. The highest BCUT2D eigenvalue weighted by atomic mass is 35.5. The summed E-state index contributed by atoms with van der Waals surface area (Å²) in [6.07, 6.45) is 9.82. The Hall–Kier alpha value is -3.36. The number of hydrogen-bond donors (Lipinski definition) is 1. The number of anilines is 1. The van der Waals surface area contributed by atoms with Crippen molar-refractivity contribution >= 4 is 39.1 Å². The predicted octanol–water partition coefficient (Wildman–Crippen LogP) is 7.13. The third-order valence-electron chi connectivity index (χ3n) is 11.1. The number of halogens is 1. The lowest BCUT2D eigenvalue weighted by molar-refractivity contribution is -0.140. The van der Waals surface area contributed by atoms with Gasteiger partial charge in [-0.1, -0.05) is 79.2 Å². The Labute approximate surface area is 291 Å². The summed E-state index contributed by atoms with van der Waals surface area (Å²) in [6.45, 7) is 3.52. The van der Waals surface area contributed by atoms with Crippen LogP contribution in [0.5, 0.6) is 0 Å². The first-order chi connectivity index (χ1) is 22.9. The van der Waals surface area contributed by atoms with Crippen molar-refractivity contribution < 1.29 is 18.0 Å². The van der Waals surface area contributed by atoms with Gasteiger partial charge in [-0.15, -0.1) is 0 Å². The quantitative estimate of drug-likeness (QED) is 0.207. The van der Waals surface area contributed by atoms with Crippen LogP contribution in [0.1, 0.15) is 75.5 Å². The van der Waals surface area contributed by atoms with E-state index in [1.165, 1.54) is 53.3 Å². The molecule has 1 N–H and O–H groups in total. The molecule has 0 heterocycles. The fraction of sp³-hybridized carbons (Fsp3) is 0.487. The molecule has 7 rings (SSSR count). The van der Waals surface area contributed by atoms with Gasteiger partial charge < -0.3 is 10.2 Å². The summed E-state index contributed by atoms with van der Waals surface area (Å²) < 4.78 is 27.9. The topological polar surface area (TPSA) is 86.8 Å². The molecule has 0 spiro atoms. The highest BCUT2D eigenvalue weighted by Gasteiger charge is 2.51. The lowest BCUT2D eigenvalue weighted by Crippen LogP contribution is -2.54. The van der Waals surface area contributed by atoms with Crippen LogP contribution in [0.25, 0.3) is 0 Å². The van der Waals surface area contributed by atoms with Crippen molar-refractivity contribution in [3.05, 3.63) is 101 Å². The zero-order chi connectivity index (χ0) is 34.1. The second kappa shape index (κ2) is 14.2. The van der Waals surface area contributed by atoms with Crippen LogP contribution in [-0.4, -0.2) is 50.0 Å². The second-order valence-corrected chi connectivity index (χ2v) is 17.0. The lowest BCUT2D eigenvalue weighted by Gasteiger charge is -2.57. The van der Waals surface area contributed by atoms with Gasteiger partial charge >= 0.3 is 0 Å². The van der Waals surface area contributed by atoms with Gasteiger partial charge in [-0.25, -0.2) is 8.42 Å². The third kappa shape index (κ3) is 7.60. The Morgan fingerprint density at radius 2 is 1.48 bits per heavy atom. The van der Waals surface area contributed by atoms with Crippen LogP contribution in [0.2, 0.25) is 5.02 Å². The average molecular weight is 690 g/mol. The summed E-state index contributed by atoms with van der Waals surface area (Å²) in [7, 11) is -3.85. The van der Waals surface area contributed by atoms with Crippen molar-refractivity contribution in [3.8, 4) is 0 Å². The van der Waals surface area contributed by atoms with Gasteiger partial charge in [0.05, 0.1) is 11.9 Å². The van der Waals surface area contributed by atoms with Gasteiger partial charge in [0.25, 0.3) is 0 Å². The summed E-state index contributed by atoms with van der Waals surface area (Å²) in [6, 6.07) is 23.7. The highest BCUT2D eigenvalue weighted by Crippen LogP contribution is 2.60. The fourth-order valence-electron chi connectivity index (χ4n) is 8.86. The first kappa shape index (κ1) is 34.5. The number of amides is 2. The van der Waals surface area contributed by atoms with Gasteiger partial charge in [0.15, 0.2) is 0 Å². The van der Waals surface area contributed by atoms with Crippen LogP contribution in [0, 0.1) is 17.8 Å². The van der Waals surface area contributed by atoms with E-state index < -0.39 is 28.5 Å². The van der Waals surface area contributed by atoms with Crippen LogP contribution < -0.4 is 9.62 Å². The standard InChI is InChI=1S/C39H48ClN3O4S/c1-4-27(2)41-38(45)36(21-28-10-6-5-7-11-28)42(25-32-12-8-9-13-35(32)40)37(44)26-43(48(3,46)47)34-16-14-33(15-17-34)39-22-29-18-30(23-39)20-31(19-29)24-39/h5-17,27,29-31,36H,4,18-26H2,1-3H3,(H,41,45)/t27-,29?,30?,31?,36-,39?/m1/s1. The maximum atomic E-state index is 14.5. The van der Waals surface area contributed by atoms with E-state index in [2.05, 4.69) is 17.4 Å². The Morgan fingerprint density at radius 3 is 2.04 bits per heavy atom. The van der Waals surface area contributed by atoms with E-state index in [-0.39, 0.29) is 30.3 Å². The van der Waals surface area contributed by atoms with Crippen LogP contribution in [-0.2, 0) is 38.0 Å². The van der Waals surface area contributed by atoms with E-state index in [0.29, 0.717) is 16.3 Å². The lowest BCUT2D eigenvalue weighted by atomic mass is 9.48. The Kier molecular flexibility index (Phi) is 10.2. The first-order valence-electron chi connectivity index (χ1n) is 17.4.